The minimum Gasteiger partial charge on any atom is -0.619 e. The monoisotopic (exact) mass is 306 g/mol. The Morgan fingerprint density at radius 1 is 1.29 bits per heavy atom. The third kappa shape index (κ3) is 4.88. The van der Waals surface area contributed by atoms with Crippen LogP contribution in [0.2, 0.25) is 0 Å². The van der Waals surface area contributed by atoms with Crippen LogP contribution in [0.4, 0.5) is 0 Å². The van der Waals surface area contributed by atoms with E-state index in [0.717, 1.165) is 6.42 Å². The first-order valence-electron chi connectivity index (χ1n) is 6.30. The minimum atomic E-state index is -0.635. The molecule has 0 unspecified atom stereocenters. The summed E-state index contributed by atoms with van der Waals surface area (Å²) < 4.78 is 5.42. The van der Waals surface area contributed by atoms with E-state index in [9.17, 15) is 14.8 Å². The Labute approximate surface area is 125 Å². The van der Waals surface area contributed by atoms with Crippen molar-refractivity contribution < 1.29 is 19.1 Å². The maximum Gasteiger partial charge on any atom is 0.339 e. The normalized spacial score (nSPS) is 10.1. The van der Waals surface area contributed by atoms with Crippen molar-refractivity contribution in [1.29, 1.82) is 0 Å². The van der Waals surface area contributed by atoms with E-state index in [4.69, 9.17) is 4.74 Å². The highest BCUT2D eigenvalue weighted by Crippen LogP contribution is 2.08. The molecule has 0 aliphatic heterocycles. The molecular weight excluding hydrogens is 292 g/mol. The number of thiophene rings is 1. The van der Waals surface area contributed by atoms with E-state index < -0.39 is 5.97 Å². The van der Waals surface area contributed by atoms with Gasteiger partial charge in [-0.1, -0.05) is 6.07 Å². The highest BCUT2D eigenvalue weighted by Gasteiger charge is 2.10. The van der Waals surface area contributed by atoms with E-state index in [1.165, 1.54) is 29.4 Å². The van der Waals surface area contributed by atoms with E-state index in [0.29, 0.717) is 11.3 Å². The molecule has 1 N–H and O–H groups in total. The number of carbonyl (C=O) groups excluding carboxylic acids is 2. The summed E-state index contributed by atoms with van der Waals surface area (Å²) in [7, 11) is 0. The zero-order valence-corrected chi connectivity index (χ0v) is 12.0. The van der Waals surface area contributed by atoms with Gasteiger partial charge in [0.25, 0.3) is 5.91 Å². The Morgan fingerprint density at radius 3 is 2.71 bits per heavy atom. The zero-order valence-electron chi connectivity index (χ0n) is 11.2. The van der Waals surface area contributed by atoms with Crippen LogP contribution in [0.15, 0.2) is 42.0 Å². The third-order valence-corrected chi connectivity index (χ3v) is 3.58. The smallest absolute Gasteiger partial charge is 0.339 e. The number of ether oxygens (including phenoxy) is 1. The molecule has 2 heterocycles. The van der Waals surface area contributed by atoms with Crippen LogP contribution in [0.1, 0.15) is 15.2 Å². The summed E-state index contributed by atoms with van der Waals surface area (Å²) in [5.41, 5.74) is 0.230. The lowest BCUT2D eigenvalue weighted by atomic mass is 10.3. The van der Waals surface area contributed by atoms with E-state index in [2.05, 4.69) is 5.32 Å². The third-order valence-electron chi connectivity index (χ3n) is 2.65. The first-order chi connectivity index (χ1) is 10.1. The molecule has 0 aliphatic carbocycles. The minimum absolute atomic E-state index is 0.230. The van der Waals surface area contributed by atoms with Crippen LogP contribution >= 0.6 is 11.3 Å². The number of rotatable bonds is 6. The first kappa shape index (κ1) is 15.0. The standard InChI is InChI=1S/C14H14N2O4S/c17-13(15-6-3-12-2-1-9-21-12)10-20-14(18)11-4-7-16(19)8-5-11/h1-2,4-5,7-9H,3,6,10H2,(H,15,17). The number of nitrogens with one attached hydrogen (secondary N) is 1. The molecule has 0 aliphatic rings. The molecule has 0 aromatic carbocycles. The lowest BCUT2D eigenvalue weighted by molar-refractivity contribution is -0.605. The van der Waals surface area contributed by atoms with Crippen molar-refractivity contribution in [2.45, 2.75) is 6.42 Å². The van der Waals surface area contributed by atoms with Gasteiger partial charge in [0.2, 0.25) is 0 Å². The Balaban J connectivity index is 1.68. The van der Waals surface area contributed by atoms with Gasteiger partial charge >= 0.3 is 5.97 Å². The van der Waals surface area contributed by atoms with Crippen molar-refractivity contribution in [3.05, 3.63) is 57.7 Å². The molecule has 0 saturated heterocycles. The fourth-order valence-electron chi connectivity index (χ4n) is 1.59. The van der Waals surface area contributed by atoms with Gasteiger partial charge in [0.05, 0.1) is 5.56 Å². The average molecular weight is 306 g/mol. The predicted molar refractivity (Wildman–Crippen MR) is 76.7 cm³/mol. The summed E-state index contributed by atoms with van der Waals surface area (Å²) in [5, 5.41) is 15.5. The number of hydrogen-bond donors (Lipinski definition) is 1. The Bertz CT molecular complexity index is 596. The second kappa shape index (κ2) is 7.39. The number of carbonyl (C=O) groups is 2. The van der Waals surface area contributed by atoms with Gasteiger partial charge in [0, 0.05) is 23.6 Å². The maximum absolute atomic E-state index is 11.6. The topological polar surface area (TPSA) is 82.3 Å². The fourth-order valence-corrected chi connectivity index (χ4v) is 2.30. The van der Waals surface area contributed by atoms with Gasteiger partial charge in [-0.25, -0.2) is 4.79 Å². The summed E-state index contributed by atoms with van der Waals surface area (Å²) in [6.45, 7) is 0.161. The fraction of sp³-hybridized carbons (Fsp3) is 0.214. The molecular formula is C14H14N2O4S. The molecule has 0 atom stereocenters. The summed E-state index contributed by atoms with van der Waals surface area (Å²) >= 11 is 1.63. The lowest BCUT2D eigenvalue weighted by Crippen LogP contribution is -2.30. The van der Waals surface area contributed by atoms with Gasteiger partial charge in [-0.05, 0) is 17.9 Å². The molecule has 0 spiro atoms. The molecule has 110 valence electrons. The summed E-state index contributed by atoms with van der Waals surface area (Å²) in [6, 6.07) is 6.62. The molecule has 2 aromatic heterocycles. The van der Waals surface area contributed by atoms with Crippen LogP contribution in [-0.4, -0.2) is 25.0 Å². The van der Waals surface area contributed by atoms with Crippen molar-refractivity contribution >= 4 is 23.2 Å². The van der Waals surface area contributed by atoms with Crippen molar-refractivity contribution in [3.63, 3.8) is 0 Å². The van der Waals surface area contributed by atoms with Crippen LogP contribution in [0.5, 0.6) is 0 Å². The van der Waals surface area contributed by atoms with Crippen molar-refractivity contribution in [1.82, 2.24) is 5.32 Å². The number of nitrogens with zero attached hydrogens (tertiary/aromatic N) is 1. The van der Waals surface area contributed by atoms with Crippen LogP contribution in [-0.2, 0) is 16.0 Å². The molecule has 21 heavy (non-hydrogen) atoms. The SMILES string of the molecule is O=C(COC(=O)c1cc[n+]([O-])cc1)NCCc1cccs1. The van der Waals surface area contributed by atoms with Gasteiger partial charge in [0.1, 0.15) is 0 Å². The summed E-state index contributed by atoms with van der Waals surface area (Å²) in [6.07, 6.45) is 3.13. The highest BCUT2D eigenvalue weighted by molar-refractivity contribution is 7.09. The Morgan fingerprint density at radius 2 is 2.05 bits per heavy atom. The van der Waals surface area contributed by atoms with Crippen LogP contribution < -0.4 is 10.0 Å². The van der Waals surface area contributed by atoms with E-state index in [1.54, 1.807) is 11.3 Å². The molecule has 0 saturated carbocycles. The number of aromatic nitrogens is 1. The van der Waals surface area contributed by atoms with E-state index >= 15 is 0 Å². The molecule has 2 rings (SSSR count). The summed E-state index contributed by atoms with van der Waals surface area (Å²) in [5.74, 6) is -0.987. The average Bonchev–Trinajstić information content (AvgIpc) is 2.99. The van der Waals surface area contributed by atoms with Crippen LogP contribution in [0.3, 0.4) is 0 Å². The largest absolute Gasteiger partial charge is 0.619 e. The highest BCUT2D eigenvalue weighted by atomic mass is 32.1. The number of hydrogen-bond acceptors (Lipinski definition) is 5. The molecule has 6 nitrogen and oxygen atoms in total. The van der Waals surface area contributed by atoms with Crippen molar-refractivity contribution in [3.8, 4) is 0 Å². The molecule has 0 fully saturated rings. The van der Waals surface area contributed by atoms with Gasteiger partial charge in [-0.2, -0.15) is 4.73 Å². The quantitative estimate of drug-likeness (QED) is 0.488. The lowest BCUT2D eigenvalue weighted by Gasteiger charge is -2.06. The Hall–Kier alpha value is -2.41. The molecule has 0 bridgehead atoms. The van der Waals surface area contributed by atoms with Crippen molar-refractivity contribution in [2.75, 3.05) is 13.2 Å². The van der Waals surface area contributed by atoms with E-state index in [-0.39, 0.29) is 18.1 Å². The molecule has 2 aromatic rings. The summed E-state index contributed by atoms with van der Waals surface area (Å²) in [4.78, 5) is 24.3. The number of pyridine rings is 1. The van der Waals surface area contributed by atoms with E-state index in [1.807, 2.05) is 17.5 Å². The van der Waals surface area contributed by atoms with Gasteiger partial charge in [0.15, 0.2) is 19.0 Å². The molecule has 0 radical (unpaired) electrons. The molecule has 1 amide bonds. The van der Waals surface area contributed by atoms with Crippen molar-refractivity contribution in [2.24, 2.45) is 0 Å². The van der Waals surface area contributed by atoms with Gasteiger partial charge in [-0.15, -0.1) is 11.3 Å². The first-order valence-corrected chi connectivity index (χ1v) is 7.18. The van der Waals surface area contributed by atoms with Gasteiger partial charge in [-0.3, -0.25) is 4.79 Å². The van der Waals surface area contributed by atoms with Crippen LogP contribution in [0.25, 0.3) is 0 Å². The van der Waals surface area contributed by atoms with Gasteiger partial charge < -0.3 is 15.3 Å². The maximum atomic E-state index is 11.6. The number of amides is 1. The van der Waals surface area contributed by atoms with Crippen LogP contribution in [0, 0.1) is 5.21 Å². The Kier molecular flexibility index (Phi) is 5.28. The number of esters is 1. The zero-order chi connectivity index (χ0) is 15.1. The molecule has 7 heteroatoms. The predicted octanol–water partition coefficient (Wildman–Crippen LogP) is 0.897. The second-order valence-electron chi connectivity index (χ2n) is 4.20. The second-order valence-corrected chi connectivity index (χ2v) is 5.23.